The zero-order valence-corrected chi connectivity index (χ0v) is 19.9. The third-order valence-electron chi connectivity index (χ3n) is 5.41. The van der Waals surface area contributed by atoms with Gasteiger partial charge in [-0.05, 0) is 55.3 Å². The smallest absolute Gasteiger partial charge is 0.338 e. The Kier molecular flexibility index (Phi) is 6.65. The summed E-state index contributed by atoms with van der Waals surface area (Å²) in [5, 5.41) is 0. The molecule has 1 aromatic heterocycles. The van der Waals surface area contributed by atoms with Crippen LogP contribution < -0.4 is 24.4 Å². The molecule has 0 spiro atoms. The molecule has 1 atom stereocenters. The van der Waals surface area contributed by atoms with E-state index in [1.165, 1.54) is 42.3 Å². The van der Waals surface area contributed by atoms with E-state index in [2.05, 4.69) is 4.99 Å². The summed E-state index contributed by atoms with van der Waals surface area (Å²) in [6, 6.07) is 10.3. The lowest BCUT2D eigenvalue weighted by atomic mass is 9.95. The normalized spacial score (nSPS) is 15.6. The van der Waals surface area contributed by atoms with Gasteiger partial charge in [0.1, 0.15) is 5.82 Å². The van der Waals surface area contributed by atoms with Crippen molar-refractivity contribution in [3.05, 3.63) is 90.4 Å². The number of hydrogen-bond donors (Lipinski definition) is 0. The first-order chi connectivity index (χ1) is 16.4. The topological polar surface area (TPSA) is 79.1 Å². The summed E-state index contributed by atoms with van der Waals surface area (Å²) in [4.78, 5) is 31.5. The van der Waals surface area contributed by atoms with Crippen molar-refractivity contribution in [2.45, 2.75) is 19.9 Å². The van der Waals surface area contributed by atoms with Gasteiger partial charge in [-0.2, -0.15) is 0 Å². The maximum Gasteiger partial charge on any atom is 0.338 e. The molecule has 0 amide bonds. The van der Waals surface area contributed by atoms with Gasteiger partial charge in [0.15, 0.2) is 16.3 Å². The molecule has 2 heterocycles. The molecule has 0 N–H and O–H groups in total. The highest BCUT2D eigenvalue weighted by Crippen LogP contribution is 2.36. The van der Waals surface area contributed by atoms with Gasteiger partial charge in [0.25, 0.3) is 5.56 Å². The van der Waals surface area contributed by atoms with E-state index in [1.807, 2.05) is 0 Å². The number of carbonyl (C=O) groups excluding carboxylic acids is 1. The Morgan fingerprint density at radius 1 is 1.15 bits per heavy atom. The first kappa shape index (κ1) is 23.4. The number of hydrogen-bond acceptors (Lipinski definition) is 7. The Morgan fingerprint density at radius 2 is 1.85 bits per heavy atom. The molecule has 1 unspecified atom stereocenters. The molecule has 0 radical (unpaired) electrons. The van der Waals surface area contributed by atoms with E-state index in [9.17, 15) is 14.0 Å². The van der Waals surface area contributed by atoms with E-state index in [0.717, 1.165) is 0 Å². The Hall–Kier alpha value is -3.72. The number of rotatable bonds is 6. The number of fused-ring (bicyclic) bond motifs is 1. The lowest BCUT2D eigenvalue weighted by molar-refractivity contribution is -0.139. The highest BCUT2D eigenvalue weighted by atomic mass is 32.1. The van der Waals surface area contributed by atoms with Crippen LogP contribution in [0.15, 0.2) is 63.5 Å². The average Bonchev–Trinajstić information content (AvgIpc) is 3.13. The second-order valence-corrected chi connectivity index (χ2v) is 8.48. The van der Waals surface area contributed by atoms with Gasteiger partial charge in [0.2, 0.25) is 0 Å². The first-order valence-electron chi connectivity index (χ1n) is 10.5. The molecule has 1 aliphatic rings. The van der Waals surface area contributed by atoms with Crippen molar-refractivity contribution in [1.82, 2.24) is 4.57 Å². The fourth-order valence-electron chi connectivity index (χ4n) is 3.84. The minimum absolute atomic E-state index is 0.184. The fraction of sp³-hybridized carbons (Fsp3) is 0.240. The van der Waals surface area contributed by atoms with Crippen LogP contribution in [-0.4, -0.2) is 31.4 Å². The Morgan fingerprint density at radius 3 is 2.50 bits per heavy atom. The monoisotopic (exact) mass is 482 g/mol. The van der Waals surface area contributed by atoms with E-state index < -0.39 is 12.0 Å². The second-order valence-electron chi connectivity index (χ2n) is 7.47. The molecule has 0 bridgehead atoms. The minimum atomic E-state index is -0.773. The van der Waals surface area contributed by atoms with Gasteiger partial charge in [0.05, 0.1) is 42.7 Å². The number of benzene rings is 2. The van der Waals surface area contributed by atoms with Crippen LogP contribution in [-0.2, 0) is 9.53 Å². The second kappa shape index (κ2) is 9.64. The summed E-state index contributed by atoms with van der Waals surface area (Å²) in [5.74, 6) is 0.0813. The van der Waals surface area contributed by atoms with Gasteiger partial charge < -0.3 is 14.2 Å². The number of halogens is 1. The van der Waals surface area contributed by atoms with Crippen LogP contribution >= 0.6 is 11.3 Å². The number of thiazole rings is 1. The number of methoxy groups -OCH3 is 2. The van der Waals surface area contributed by atoms with Gasteiger partial charge >= 0.3 is 5.97 Å². The third-order valence-corrected chi connectivity index (χ3v) is 6.39. The van der Waals surface area contributed by atoms with Crippen molar-refractivity contribution in [2.24, 2.45) is 4.99 Å². The lowest BCUT2D eigenvalue weighted by Gasteiger charge is -2.25. The highest BCUT2D eigenvalue weighted by Gasteiger charge is 2.33. The summed E-state index contributed by atoms with van der Waals surface area (Å²) < 4.78 is 31.3. The van der Waals surface area contributed by atoms with E-state index in [-0.39, 0.29) is 23.6 Å². The SMILES string of the molecule is CCOC(=O)C1=C(C)N=c2sc(=Cc3ccc(F)cc3)c(=O)n2C1c1ccc(OC)c(OC)c1. The molecule has 1 aliphatic heterocycles. The van der Waals surface area contributed by atoms with Crippen LogP contribution in [0, 0.1) is 5.82 Å². The molecule has 7 nitrogen and oxygen atoms in total. The fourth-order valence-corrected chi connectivity index (χ4v) is 4.89. The molecule has 3 aromatic rings. The molecule has 4 rings (SSSR count). The van der Waals surface area contributed by atoms with Crippen LogP contribution in [0.4, 0.5) is 4.39 Å². The molecule has 0 aliphatic carbocycles. The van der Waals surface area contributed by atoms with Crippen molar-refractivity contribution in [3.63, 3.8) is 0 Å². The van der Waals surface area contributed by atoms with Crippen LogP contribution in [0.2, 0.25) is 0 Å². The van der Waals surface area contributed by atoms with Crippen LogP contribution in [0.25, 0.3) is 6.08 Å². The van der Waals surface area contributed by atoms with Crippen molar-refractivity contribution in [1.29, 1.82) is 0 Å². The van der Waals surface area contributed by atoms with Crippen LogP contribution in [0.1, 0.15) is 31.0 Å². The third kappa shape index (κ3) is 4.26. The number of ether oxygens (including phenoxy) is 3. The van der Waals surface area contributed by atoms with Crippen molar-refractivity contribution < 1.29 is 23.4 Å². The summed E-state index contributed by atoms with van der Waals surface area (Å²) in [6.07, 6.45) is 1.68. The number of nitrogens with zero attached hydrogens (tertiary/aromatic N) is 2. The summed E-state index contributed by atoms with van der Waals surface area (Å²) in [6.45, 7) is 3.62. The van der Waals surface area contributed by atoms with E-state index >= 15 is 0 Å². The minimum Gasteiger partial charge on any atom is -0.493 e. The summed E-state index contributed by atoms with van der Waals surface area (Å²) in [7, 11) is 3.05. The number of esters is 1. The zero-order valence-electron chi connectivity index (χ0n) is 19.1. The van der Waals surface area contributed by atoms with Gasteiger partial charge in [-0.25, -0.2) is 14.2 Å². The van der Waals surface area contributed by atoms with Crippen molar-refractivity contribution >= 4 is 23.4 Å². The quantitative estimate of drug-likeness (QED) is 0.505. The van der Waals surface area contributed by atoms with Crippen LogP contribution in [0.3, 0.4) is 0 Å². The molecule has 0 saturated carbocycles. The van der Waals surface area contributed by atoms with E-state index in [0.29, 0.717) is 37.7 Å². The molecule has 0 saturated heterocycles. The molecule has 176 valence electrons. The van der Waals surface area contributed by atoms with Crippen LogP contribution in [0.5, 0.6) is 11.5 Å². The molecule has 34 heavy (non-hydrogen) atoms. The number of carbonyl (C=O) groups is 1. The predicted octanol–water partition coefficient (Wildman–Crippen LogP) is 2.95. The Labute approximate surface area is 199 Å². The van der Waals surface area contributed by atoms with Crippen molar-refractivity contribution in [3.8, 4) is 11.5 Å². The van der Waals surface area contributed by atoms with E-state index in [1.54, 1.807) is 50.3 Å². The molecular formula is C25H23FN2O5S. The largest absolute Gasteiger partial charge is 0.493 e. The van der Waals surface area contributed by atoms with Gasteiger partial charge in [-0.1, -0.05) is 29.5 Å². The molecular weight excluding hydrogens is 459 g/mol. The molecule has 2 aromatic carbocycles. The van der Waals surface area contributed by atoms with Gasteiger partial charge in [-0.3, -0.25) is 9.36 Å². The maximum absolute atomic E-state index is 13.6. The highest BCUT2D eigenvalue weighted by molar-refractivity contribution is 7.07. The summed E-state index contributed by atoms with van der Waals surface area (Å²) >= 11 is 1.20. The standard InChI is InChI=1S/C25H23FN2O5S/c1-5-33-24(30)21-14(2)27-25-28(22(21)16-8-11-18(31-3)19(13-16)32-4)23(29)20(34-25)12-15-6-9-17(26)10-7-15/h6-13,22H,5H2,1-4H3. The number of allylic oxidation sites excluding steroid dienone is 1. The predicted molar refractivity (Wildman–Crippen MR) is 126 cm³/mol. The average molecular weight is 483 g/mol. The lowest BCUT2D eigenvalue weighted by Crippen LogP contribution is -2.39. The Bertz CT molecular complexity index is 1450. The maximum atomic E-state index is 13.6. The van der Waals surface area contributed by atoms with Gasteiger partial charge in [0, 0.05) is 0 Å². The summed E-state index contributed by atoms with van der Waals surface area (Å²) in [5.41, 5.74) is 1.74. The van der Waals surface area contributed by atoms with Crippen molar-refractivity contribution in [2.75, 3.05) is 20.8 Å². The molecule has 0 fully saturated rings. The van der Waals surface area contributed by atoms with E-state index in [4.69, 9.17) is 14.2 Å². The zero-order chi connectivity index (χ0) is 24.4. The molecule has 9 heteroatoms. The first-order valence-corrected chi connectivity index (χ1v) is 11.4. The Balaban J connectivity index is 1.96. The number of aromatic nitrogens is 1. The van der Waals surface area contributed by atoms with Gasteiger partial charge in [-0.15, -0.1) is 0 Å².